The summed E-state index contributed by atoms with van der Waals surface area (Å²) in [4.78, 5) is 28.3. The summed E-state index contributed by atoms with van der Waals surface area (Å²) < 4.78 is 1.68. The van der Waals surface area contributed by atoms with E-state index in [9.17, 15) is 9.59 Å². The van der Waals surface area contributed by atoms with Crippen molar-refractivity contribution in [2.45, 2.75) is 44.7 Å². The van der Waals surface area contributed by atoms with Gasteiger partial charge in [0.1, 0.15) is 12.7 Å². The zero-order valence-corrected chi connectivity index (χ0v) is 14.8. The van der Waals surface area contributed by atoms with Gasteiger partial charge in [-0.25, -0.2) is 4.98 Å². The minimum absolute atomic E-state index is 0.00769. The van der Waals surface area contributed by atoms with Crippen LogP contribution in [0.15, 0.2) is 43.0 Å². The predicted octanol–water partition coefficient (Wildman–Crippen LogP) is 1.83. The highest BCUT2D eigenvalue weighted by Gasteiger charge is 2.20. The molecule has 0 aliphatic heterocycles. The lowest BCUT2D eigenvalue weighted by atomic mass is 10.0. The Morgan fingerprint density at radius 1 is 1.15 bits per heavy atom. The van der Waals surface area contributed by atoms with Crippen LogP contribution in [0.4, 0.5) is 0 Å². The van der Waals surface area contributed by atoms with E-state index in [2.05, 4.69) is 20.7 Å². The minimum atomic E-state index is -0.239. The molecule has 0 radical (unpaired) electrons. The molecule has 3 rings (SSSR count). The van der Waals surface area contributed by atoms with Crippen molar-refractivity contribution >= 4 is 11.8 Å². The third kappa shape index (κ3) is 5.40. The number of carbonyl (C=O) groups excluding carboxylic acids is 2. The number of aromatic nitrogens is 3. The SMILES string of the molecule is O=C(CC1CCCC1)NCC(=O)NC(Cn1cncn1)c1ccccc1. The van der Waals surface area contributed by atoms with Crippen LogP contribution in [0.2, 0.25) is 0 Å². The third-order valence-corrected chi connectivity index (χ3v) is 4.77. The number of hydrogen-bond acceptors (Lipinski definition) is 4. The van der Waals surface area contributed by atoms with Gasteiger partial charge in [0.25, 0.3) is 0 Å². The summed E-state index contributed by atoms with van der Waals surface area (Å²) in [5.41, 5.74) is 0.980. The Morgan fingerprint density at radius 2 is 1.92 bits per heavy atom. The Hall–Kier alpha value is -2.70. The van der Waals surface area contributed by atoms with Crippen molar-refractivity contribution < 1.29 is 9.59 Å². The second kappa shape index (κ2) is 9.12. The summed E-state index contributed by atoms with van der Waals surface area (Å²) in [6.07, 6.45) is 8.26. The van der Waals surface area contributed by atoms with E-state index in [1.165, 1.54) is 19.2 Å². The molecule has 0 saturated heterocycles. The molecular formula is C19H25N5O2. The molecule has 26 heavy (non-hydrogen) atoms. The van der Waals surface area contributed by atoms with Crippen LogP contribution in [0.3, 0.4) is 0 Å². The summed E-state index contributed by atoms with van der Waals surface area (Å²) in [5, 5.41) is 9.82. The molecule has 2 N–H and O–H groups in total. The number of amides is 2. The van der Waals surface area contributed by atoms with E-state index in [1.54, 1.807) is 11.0 Å². The van der Waals surface area contributed by atoms with Crippen molar-refractivity contribution in [3.8, 4) is 0 Å². The van der Waals surface area contributed by atoms with Crippen molar-refractivity contribution in [1.29, 1.82) is 0 Å². The van der Waals surface area contributed by atoms with E-state index in [0.717, 1.165) is 18.4 Å². The normalized spacial score (nSPS) is 15.5. The first kappa shape index (κ1) is 18.1. The summed E-state index contributed by atoms with van der Waals surface area (Å²) in [7, 11) is 0. The minimum Gasteiger partial charge on any atom is -0.347 e. The van der Waals surface area contributed by atoms with E-state index < -0.39 is 0 Å². The fourth-order valence-corrected chi connectivity index (χ4v) is 3.41. The van der Waals surface area contributed by atoms with Gasteiger partial charge in [0.15, 0.2) is 0 Å². The highest BCUT2D eigenvalue weighted by atomic mass is 16.2. The first-order valence-corrected chi connectivity index (χ1v) is 9.14. The Bertz CT molecular complexity index is 696. The first-order valence-electron chi connectivity index (χ1n) is 9.14. The molecule has 138 valence electrons. The van der Waals surface area contributed by atoms with Crippen LogP contribution in [-0.2, 0) is 16.1 Å². The van der Waals surface area contributed by atoms with Gasteiger partial charge in [0, 0.05) is 6.42 Å². The van der Waals surface area contributed by atoms with E-state index in [0.29, 0.717) is 18.9 Å². The van der Waals surface area contributed by atoms with E-state index in [-0.39, 0.29) is 24.4 Å². The van der Waals surface area contributed by atoms with Gasteiger partial charge in [-0.15, -0.1) is 0 Å². The molecule has 1 fully saturated rings. The molecule has 0 spiro atoms. The highest BCUT2D eigenvalue weighted by molar-refractivity contribution is 5.85. The van der Waals surface area contributed by atoms with Gasteiger partial charge < -0.3 is 10.6 Å². The van der Waals surface area contributed by atoms with Crippen molar-refractivity contribution in [2.24, 2.45) is 5.92 Å². The first-order chi connectivity index (χ1) is 12.7. The van der Waals surface area contributed by atoms with E-state index in [1.807, 2.05) is 30.3 Å². The quantitative estimate of drug-likeness (QED) is 0.756. The largest absolute Gasteiger partial charge is 0.347 e. The summed E-state index contributed by atoms with van der Waals surface area (Å²) in [5.74, 6) is 0.223. The van der Waals surface area contributed by atoms with Crippen LogP contribution in [0.25, 0.3) is 0 Å². The van der Waals surface area contributed by atoms with Crippen LogP contribution in [0.1, 0.15) is 43.7 Å². The third-order valence-electron chi connectivity index (χ3n) is 4.77. The van der Waals surface area contributed by atoms with Gasteiger partial charge in [-0.1, -0.05) is 43.2 Å². The molecule has 2 amide bonds. The van der Waals surface area contributed by atoms with E-state index in [4.69, 9.17) is 0 Å². The van der Waals surface area contributed by atoms with Crippen LogP contribution >= 0.6 is 0 Å². The highest BCUT2D eigenvalue weighted by Crippen LogP contribution is 2.27. The van der Waals surface area contributed by atoms with Gasteiger partial charge in [-0.3, -0.25) is 14.3 Å². The number of nitrogens with zero attached hydrogens (tertiary/aromatic N) is 3. The number of hydrogen-bond donors (Lipinski definition) is 2. The zero-order valence-electron chi connectivity index (χ0n) is 14.8. The number of rotatable bonds is 8. The van der Waals surface area contributed by atoms with Gasteiger partial charge in [-0.05, 0) is 24.3 Å². The second-order valence-electron chi connectivity index (χ2n) is 6.78. The molecule has 7 heteroatoms. The molecule has 1 heterocycles. The monoisotopic (exact) mass is 355 g/mol. The van der Waals surface area contributed by atoms with Gasteiger partial charge in [0.2, 0.25) is 11.8 Å². The summed E-state index contributed by atoms with van der Waals surface area (Å²) in [6, 6.07) is 9.47. The molecule has 1 aromatic heterocycles. The molecule has 1 atom stereocenters. The maximum Gasteiger partial charge on any atom is 0.239 e. The fraction of sp³-hybridized carbons (Fsp3) is 0.474. The Morgan fingerprint density at radius 3 is 2.62 bits per heavy atom. The average molecular weight is 355 g/mol. The smallest absolute Gasteiger partial charge is 0.239 e. The second-order valence-corrected chi connectivity index (χ2v) is 6.78. The molecule has 1 aliphatic carbocycles. The maximum atomic E-state index is 12.3. The van der Waals surface area contributed by atoms with E-state index >= 15 is 0 Å². The van der Waals surface area contributed by atoms with Crippen molar-refractivity contribution in [3.63, 3.8) is 0 Å². The van der Waals surface area contributed by atoms with Gasteiger partial charge in [0.05, 0.1) is 19.1 Å². The molecule has 1 aliphatic rings. The van der Waals surface area contributed by atoms with Crippen molar-refractivity contribution in [3.05, 3.63) is 48.5 Å². The van der Waals surface area contributed by atoms with Crippen molar-refractivity contribution in [2.75, 3.05) is 6.54 Å². The predicted molar refractivity (Wildman–Crippen MR) is 96.9 cm³/mol. The Labute approximate surface area is 153 Å². The number of nitrogens with one attached hydrogen (secondary N) is 2. The lowest BCUT2D eigenvalue weighted by molar-refractivity contribution is -0.127. The van der Waals surface area contributed by atoms with Gasteiger partial charge >= 0.3 is 0 Å². The molecule has 0 bridgehead atoms. The Kier molecular flexibility index (Phi) is 6.35. The maximum absolute atomic E-state index is 12.3. The van der Waals surface area contributed by atoms with Crippen LogP contribution < -0.4 is 10.6 Å². The number of carbonyl (C=O) groups is 2. The molecule has 2 aromatic rings. The van der Waals surface area contributed by atoms with Crippen LogP contribution in [0.5, 0.6) is 0 Å². The van der Waals surface area contributed by atoms with Crippen LogP contribution in [-0.4, -0.2) is 33.1 Å². The lowest BCUT2D eigenvalue weighted by Crippen LogP contribution is -2.40. The van der Waals surface area contributed by atoms with Crippen LogP contribution in [0, 0.1) is 5.92 Å². The molecule has 7 nitrogen and oxygen atoms in total. The Balaban J connectivity index is 1.52. The standard InChI is InChI=1S/C19H25N5O2/c25-18(10-15-6-4-5-7-15)21-11-19(26)23-17(12-24-14-20-13-22-24)16-8-2-1-3-9-16/h1-3,8-9,13-15,17H,4-7,10-12H2,(H,21,25)(H,23,26). The summed E-state index contributed by atoms with van der Waals surface area (Å²) in [6.45, 7) is 0.470. The van der Waals surface area contributed by atoms with Gasteiger partial charge in [-0.2, -0.15) is 5.10 Å². The zero-order chi connectivity index (χ0) is 18.2. The molecule has 1 aromatic carbocycles. The lowest BCUT2D eigenvalue weighted by Gasteiger charge is -2.19. The molecular weight excluding hydrogens is 330 g/mol. The average Bonchev–Trinajstić information content (AvgIpc) is 3.34. The van der Waals surface area contributed by atoms with Crippen molar-refractivity contribution in [1.82, 2.24) is 25.4 Å². The topological polar surface area (TPSA) is 88.9 Å². The molecule has 1 saturated carbocycles. The molecule has 1 unspecified atom stereocenters. The number of benzene rings is 1. The fourth-order valence-electron chi connectivity index (χ4n) is 3.41. The summed E-state index contributed by atoms with van der Waals surface area (Å²) >= 11 is 0.